The molecule has 0 amide bonds. The lowest BCUT2D eigenvalue weighted by atomic mass is 10.0. The number of benzene rings is 1. The number of rotatable bonds is 6. The minimum atomic E-state index is -0.703. The molecule has 21 heavy (non-hydrogen) atoms. The van der Waals surface area contributed by atoms with Gasteiger partial charge in [-0.05, 0) is 23.8 Å². The second-order valence-corrected chi connectivity index (χ2v) is 4.54. The van der Waals surface area contributed by atoms with Gasteiger partial charge in [-0.3, -0.25) is 0 Å². The van der Waals surface area contributed by atoms with E-state index in [0.717, 1.165) is 5.56 Å². The molecule has 0 saturated heterocycles. The van der Waals surface area contributed by atoms with Crippen LogP contribution in [0.25, 0.3) is 0 Å². The second-order valence-electron chi connectivity index (χ2n) is 4.54. The Hall–Kier alpha value is -2.27. The van der Waals surface area contributed by atoms with Gasteiger partial charge in [-0.1, -0.05) is 6.07 Å². The van der Waals surface area contributed by atoms with E-state index in [2.05, 4.69) is 4.98 Å². The summed E-state index contributed by atoms with van der Waals surface area (Å²) in [6, 6.07) is 9.00. The number of pyridine rings is 1. The molecule has 0 aliphatic heterocycles. The van der Waals surface area contributed by atoms with Gasteiger partial charge in [0.1, 0.15) is 11.5 Å². The van der Waals surface area contributed by atoms with Gasteiger partial charge in [0, 0.05) is 24.2 Å². The minimum Gasteiger partial charge on any atom is -0.497 e. The van der Waals surface area contributed by atoms with Gasteiger partial charge in [0.15, 0.2) is 0 Å². The molecule has 0 saturated carbocycles. The zero-order valence-electron chi connectivity index (χ0n) is 12.4. The van der Waals surface area contributed by atoms with Crippen LogP contribution in [0.4, 0.5) is 0 Å². The number of hydrogen-bond acceptors (Lipinski definition) is 5. The Labute approximate surface area is 124 Å². The largest absolute Gasteiger partial charge is 0.497 e. The molecule has 5 nitrogen and oxygen atoms in total. The summed E-state index contributed by atoms with van der Waals surface area (Å²) in [5.74, 6) is 1.86. The summed E-state index contributed by atoms with van der Waals surface area (Å²) in [5, 5.41) is 10.4. The Morgan fingerprint density at radius 3 is 2.43 bits per heavy atom. The number of hydrogen-bond donors (Lipinski definition) is 1. The van der Waals surface area contributed by atoms with E-state index in [1.165, 1.54) is 0 Å². The van der Waals surface area contributed by atoms with E-state index >= 15 is 0 Å². The summed E-state index contributed by atoms with van der Waals surface area (Å²) < 4.78 is 15.5. The lowest BCUT2D eigenvalue weighted by molar-refractivity contribution is 0.173. The molecule has 2 rings (SSSR count). The van der Waals surface area contributed by atoms with E-state index in [0.29, 0.717) is 29.4 Å². The highest BCUT2D eigenvalue weighted by Crippen LogP contribution is 2.31. The van der Waals surface area contributed by atoms with Crippen LogP contribution in [0.15, 0.2) is 36.5 Å². The van der Waals surface area contributed by atoms with Crippen LogP contribution < -0.4 is 14.2 Å². The molecule has 0 fully saturated rings. The van der Waals surface area contributed by atoms with E-state index in [1.807, 2.05) is 6.07 Å². The first-order valence-electron chi connectivity index (χ1n) is 6.56. The van der Waals surface area contributed by atoms with Crippen LogP contribution in [0.3, 0.4) is 0 Å². The quantitative estimate of drug-likeness (QED) is 0.884. The lowest BCUT2D eigenvalue weighted by Crippen LogP contribution is -2.05. The fraction of sp³-hybridized carbons (Fsp3) is 0.312. The second kappa shape index (κ2) is 6.95. The highest BCUT2D eigenvalue weighted by Gasteiger charge is 2.15. The Balaban J connectivity index is 2.20. The van der Waals surface area contributed by atoms with Crippen LogP contribution in [-0.4, -0.2) is 31.4 Å². The van der Waals surface area contributed by atoms with Gasteiger partial charge in [0.05, 0.1) is 27.4 Å². The van der Waals surface area contributed by atoms with Crippen molar-refractivity contribution in [1.82, 2.24) is 4.98 Å². The van der Waals surface area contributed by atoms with Crippen molar-refractivity contribution >= 4 is 0 Å². The molecular formula is C16H19NO4. The van der Waals surface area contributed by atoms with Crippen molar-refractivity contribution in [3.8, 4) is 17.4 Å². The van der Waals surface area contributed by atoms with Gasteiger partial charge in [0.25, 0.3) is 0 Å². The molecule has 1 atom stereocenters. The zero-order valence-corrected chi connectivity index (χ0v) is 12.4. The molecule has 0 spiro atoms. The molecule has 5 heteroatoms. The number of aliphatic hydroxyl groups excluding tert-OH is 1. The molecule has 1 aromatic heterocycles. The Bertz CT molecular complexity index is 583. The summed E-state index contributed by atoms with van der Waals surface area (Å²) in [5.41, 5.74) is 1.60. The molecule has 0 aliphatic carbocycles. The number of methoxy groups -OCH3 is 3. The van der Waals surface area contributed by atoms with Gasteiger partial charge in [-0.25, -0.2) is 4.98 Å². The first-order chi connectivity index (χ1) is 10.2. The SMILES string of the molecule is COc1ccc(OC)c(C(O)Cc2ccc(OC)nc2)c1. The van der Waals surface area contributed by atoms with Crippen molar-refractivity contribution in [3.63, 3.8) is 0 Å². The lowest BCUT2D eigenvalue weighted by Gasteiger charge is -2.16. The minimum absolute atomic E-state index is 0.431. The average molecular weight is 289 g/mol. The van der Waals surface area contributed by atoms with E-state index in [-0.39, 0.29) is 0 Å². The Kier molecular flexibility index (Phi) is 5.00. The molecule has 1 aromatic carbocycles. The molecule has 112 valence electrons. The van der Waals surface area contributed by atoms with Gasteiger partial charge in [0.2, 0.25) is 5.88 Å². The third-order valence-corrected chi connectivity index (χ3v) is 3.23. The summed E-state index contributed by atoms with van der Waals surface area (Å²) in [6.45, 7) is 0. The summed E-state index contributed by atoms with van der Waals surface area (Å²) in [7, 11) is 4.73. The molecule has 0 bridgehead atoms. The van der Waals surface area contributed by atoms with Gasteiger partial charge >= 0.3 is 0 Å². The van der Waals surface area contributed by atoms with Crippen LogP contribution in [0.5, 0.6) is 17.4 Å². The van der Waals surface area contributed by atoms with E-state index in [9.17, 15) is 5.11 Å². The van der Waals surface area contributed by atoms with Crippen molar-refractivity contribution in [1.29, 1.82) is 0 Å². The summed E-state index contributed by atoms with van der Waals surface area (Å²) >= 11 is 0. The standard InChI is InChI=1S/C16H19NO4/c1-19-12-5-6-15(20-2)13(9-12)14(18)8-11-4-7-16(21-3)17-10-11/h4-7,9-10,14,18H,8H2,1-3H3. The summed E-state index contributed by atoms with van der Waals surface area (Å²) in [4.78, 5) is 4.13. The van der Waals surface area contributed by atoms with Crippen molar-refractivity contribution in [2.24, 2.45) is 0 Å². The molecule has 1 unspecified atom stereocenters. The predicted octanol–water partition coefficient (Wildman–Crippen LogP) is 2.38. The molecule has 1 heterocycles. The van der Waals surface area contributed by atoms with Crippen LogP contribution in [0.1, 0.15) is 17.2 Å². The maximum atomic E-state index is 10.4. The third-order valence-electron chi connectivity index (χ3n) is 3.23. The van der Waals surface area contributed by atoms with Crippen molar-refractivity contribution in [2.75, 3.05) is 21.3 Å². The monoisotopic (exact) mass is 289 g/mol. The topological polar surface area (TPSA) is 60.8 Å². The third kappa shape index (κ3) is 3.64. The Morgan fingerprint density at radius 1 is 1.05 bits per heavy atom. The van der Waals surface area contributed by atoms with Gasteiger partial charge in [-0.15, -0.1) is 0 Å². The fourth-order valence-corrected chi connectivity index (χ4v) is 2.09. The molecule has 0 aliphatic rings. The van der Waals surface area contributed by atoms with Crippen molar-refractivity contribution < 1.29 is 19.3 Å². The average Bonchev–Trinajstić information content (AvgIpc) is 2.54. The Morgan fingerprint density at radius 2 is 1.86 bits per heavy atom. The van der Waals surface area contributed by atoms with E-state index < -0.39 is 6.10 Å². The predicted molar refractivity (Wildman–Crippen MR) is 79.0 cm³/mol. The number of aliphatic hydroxyl groups is 1. The molecular weight excluding hydrogens is 270 g/mol. The maximum absolute atomic E-state index is 10.4. The molecule has 1 N–H and O–H groups in total. The number of aromatic nitrogens is 1. The van der Waals surface area contributed by atoms with Crippen LogP contribution in [0, 0.1) is 0 Å². The number of ether oxygens (including phenoxy) is 3. The first-order valence-corrected chi connectivity index (χ1v) is 6.56. The summed E-state index contributed by atoms with van der Waals surface area (Å²) in [6.07, 6.45) is 1.42. The zero-order chi connectivity index (χ0) is 15.2. The fourth-order valence-electron chi connectivity index (χ4n) is 2.09. The van der Waals surface area contributed by atoms with Gasteiger partial charge in [-0.2, -0.15) is 0 Å². The molecule has 2 aromatic rings. The van der Waals surface area contributed by atoms with Gasteiger partial charge < -0.3 is 19.3 Å². The van der Waals surface area contributed by atoms with Crippen LogP contribution in [0.2, 0.25) is 0 Å². The molecule has 0 radical (unpaired) electrons. The van der Waals surface area contributed by atoms with Crippen molar-refractivity contribution in [2.45, 2.75) is 12.5 Å². The van der Waals surface area contributed by atoms with Crippen LogP contribution >= 0.6 is 0 Å². The first kappa shape index (κ1) is 15.1. The maximum Gasteiger partial charge on any atom is 0.212 e. The normalized spacial score (nSPS) is 11.8. The highest BCUT2D eigenvalue weighted by atomic mass is 16.5. The smallest absolute Gasteiger partial charge is 0.212 e. The van der Waals surface area contributed by atoms with Crippen molar-refractivity contribution in [3.05, 3.63) is 47.7 Å². The number of nitrogens with zero attached hydrogens (tertiary/aromatic N) is 1. The highest BCUT2D eigenvalue weighted by molar-refractivity contribution is 5.42. The van der Waals surface area contributed by atoms with Crippen LogP contribution in [-0.2, 0) is 6.42 Å². The van der Waals surface area contributed by atoms with E-state index in [4.69, 9.17) is 14.2 Å². The van der Waals surface area contributed by atoms with E-state index in [1.54, 1.807) is 51.8 Å².